The molecule has 0 N–H and O–H groups in total. The van der Waals surface area contributed by atoms with Crippen LogP contribution < -0.4 is 4.90 Å². The lowest BCUT2D eigenvalue weighted by Crippen LogP contribution is -2.29. The minimum atomic E-state index is 0.108. The van der Waals surface area contributed by atoms with Crippen LogP contribution in [0.15, 0.2) is 236 Å². The zero-order valence-electron chi connectivity index (χ0n) is 34.7. The zero-order valence-corrected chi connectivity index (χ0v) is 34.7. The molecule has 0 aliphatic heterocycles. The first-order valence-electron chi connectivity index (χ1n) is 21.7. The van der Waals surface area contributed by atoms with Gasteiger partial charge < -0.3 is 13.7 Å². The van der Waals surface area contributed by atoms with Crippen molar-refractivity contribution in [2.24, 2.45) is 0 Å². The van der Waals surface area contributed by atoms with Gasteiger partial charge in [-0.05, 0) is 112 Å². The Morgan fingerprint density at radius 2 is 1.13 bits per heavy atom. The maximum absolute atomic E-state index is 6.26. The van der Waals surface area contributed by atoms with Crippen LogP contribution in [0.4, 0.5) is 5.69 Å². The van der Waals surface area contributed by atoms with E-state index in [0.717, 1.165) is 50.7 Å². The van der Waals surface area contributed by atoms with Gasteiger partial charge in [0.1, 0.15) is 11.2 Å². The molecule has 3 nitrogen and oxygen atoms in total. The van der Waals surface area contributed by atoms with Crippen LogP contribution in [-0.4, -0.2) is 10.4 Å². The van der Waals surface area contributed by atoms with E-state index in [1.165, 1.54) is 65.9 Å². The summed E-state index contributed by atoms with van der Waals surface area (Å²) in [6.07, 6.45) is 16.4. The number of benzene rings is 8. The van der Waals surface area contributed by atoms with E-state index in [1.54, 1.807) is 0 Å². The Bertz CT molecular complexity index is 3570. The lowest BCUT2D eigenvalue weighted by atomic mass is 9.95. The molecule has 63 heavy (non-hydrogen) atoms. The third-order valence-corrected chi connectivity index (χ3v) is 12.9. The van der Waals surface area contributed by atoms with E-state index >= 15 is 0 Å². The molecule has 0 amide bonds. The molecule has 3 heterocycles. The van der Waals surface area contributed by atoms with Gasteiger partial charge in [0.15, 0.2) is 0 Å². The number of rotatable bonds is 9. The summed E-state index contributed by atoms with van der Waals surface area (Å²) < 4.78 is 8.68. The first kappa shape index (κ1) is 36.7. The summed E-state index contributed by atoms with van der Waals surface area (Å²) in [6.45, 7) is 4.31. The molecule has 298 valence electrons. The molecule has 3 heteroatoms. The van der Waals surface area contributed by atoms with Crippen LogP contribution in [0, 0.1) is 0 Å². The van der Waals surface area contributed by atoms with E-state index in [2.05, 4.69) is 222 Å². The van der Waals surface area contributed by atoms with E-state index in [0.29, 0.717) is 0 Å². The highest BCUT2D eigenvalue weighted by atomic mass is 16.3. The van der Waals surface area contributed by atoms with E-state index in [1.807, 2.05) is 18.2 Å². The van der Waals surface area contributed by atoms with Crippen molar-refractivity contribution in [1.82, 2.24) is 4.40 Å². The van der Waals surface area contributed by atoms with Crippen LogP contribution >= 0.6 is 0 Å². The molecule has 0 saturated carbocycles. The van der Waals surface area contributed by atoms with E-state index < -0.39 is 0 Å². The molecule has 1 atom stereocenters. The summed E-state index contributed by atoms with van der Waals surface area (Å²) in [5, 5.41) is 7.34. The lowest BCUT2D eigenvalue weighted by molar-refractivity contribution is 0.669. The summed E-state index contributed by atoms with van der Waals surface area (Å²) >= 11 is 0. The van der Waals surface area contributed by atoms with Gasteiger partial charge in [0.25, 0.3) is 0 Å². The second kappa shape index (κ2) is 15.1. The fourth-order valence-electron chi connectivity index (χ4n) is 9.77. The molecule has 0 radical (unpaired) electrons. The molecule has 0 spiro atoms. The number of hydrogen-bond donors (Lipinski definition) is 0. The Kier molecular flexibility index (Phi) is 8.79. The van der Waals surface area contributed by atoms with E-state index in [-0.39, 0.29) is 6.04 Å². The van der Waals surface area contributed by atoms with Gasteiger partial charge in [0, 0.05) is 44.2 Å². The van der Waals surface area contributed by atoms with Crippen molar-refractivity contribution in [3.8, 4) is 22.3 Å². The first-order chi connectivity index (χ1) is 31.2. The van der Waals surface area contributed by atoms with Crippen molar-refractivity contribution in [2.75, 3.05) is 4.90 Å². The molecular weight excluding hydrogens is 765 g/mol. The molecular formula is C60H42N2O. The highest BCUT2D eigenvalue weighted by Gasteiger charge is 2.20. The van der Waals surface area contributed by atoms with Gasteiger partial charge in [-0.3, -0.25) is 0 Å². The average Bonchev–Trinajstić information content (AvgIpc) is 4.01. The fraction of sp³-hybridized carbons (Fsp3) is 0.0333. The largest absolute Gasteiger partial charge is 0.456 e. The predicted molar refractivity (Wildman–Crippen MR) is 267 cm³/mol. The van der Waals surface area contributed by atoms with Crippen LogP contribution in [0.5, 0.6) is 0 Å². The monoisotopic (exact) mass is 806 g/mol. The molecule has 8 aromatic carbocycles. The Hall–Kier alpha value is -8.14. The first-order valence-corrected chi connectivity index (χ1v) is 21.7. The Morgan fingerprint density at radius 1 is 0.556 bits per heavy atom. The van der Waals surface area contributed by atoms with E-state index in [9.17, 15) is 0 Å². The van der Waals surface area contributed by atoms with Gasteiger partial charge in [-0.25, -0.2) is 0 Å². The van der Waals surface area contributed by atoms with Crippen LogP contribution in [0.25, 0.3) is 93.4 Å². The van der Waals surface area contributed by atoms with Gasteiger partial charge in [0.2, 0.25) is 0 Å². The van der Waals surface area contributed by atoms with Crippen molar-refractivity contribution < 1.29 is 4.42 Å². The average molecular weight is 807 g/mol. The number of aromatic nitrogens is 1. The third-order valence-electron chi connectivity index (χ3n) is 12.9. The van der Waals surface area contributed by atoms with Crippen LogP contribution in [0.2, 0.25) is 0 Å². The summed E-state index contributed by atoms with van der Waals surface area (Å²) in [5.74, 6) is 0. The molecule has 12 rings (SSSR count). The van der Waals surface area contributed by atoms with Gasteiger partial charge in [-0.15, -0.1) is 0 Å². The number of hydrogen-bond acceptors (Lipinski definition) is 2. The number of nitrogens with zero attached hydrogens (tertiary/aromatic N) is 2. The van der Waals surface area contributed by atoms with Crippen molar-refractivity contribution >= 4 is 76.9 Å². The highest BCUT2D eigenvalue weighted by molar-refractivity contribution is 6.24. The Labute approximate surface area is 366 Å². The maximum atomic E-state index is 6.26. The zero-order chi connectivity index (χ0) is 41.9. The molecule has 1 aliphatic rings. The summed E-state index contributed by atoms with van der Waals surface area (Å²) in [5.41, 5.74) is 16.1. The lowest BCUT2D eigenvalue weighted by Gasteiger charge is -2.30. The maximum Gasteiger partial charge on any atom is 0.136 e. The van der Waals surface area contributed by atoms with Crippen LogP contribution in [-0.2, 0) is 0 Å². The van der Waals surface area contributed by atoms with Gasteiger partial charge in [0.05, 0.1) is 22.6 Å². The quantitative estimate of drug-likeness (QED) is 0.135. The third kappa shape index (κ3) is 6.28. The molecule has 1 unspecified atom stereocenters. The Morgan fingerprint density at radius 3 is 1.78 bits per heavy atom. The summed E-state index contributed by atoms with van der Waals surface area (Å²) in [7, 11) is 0. The second-order valence-corrected chi connectivity index (χ2v) is 16.5. The van der Waals surface area contributed by atoms with Crippen LogP contribution in [0.3, 0.4) is 0 Å². The van der Waals surface area contributed by atoms with Gasteiger partial charge in [-0.2, -0.15) is 0 Å². The molecule has 3 aromatic heterocycles. The van der Waals surface area contributed by atoms with Gasteiger partial charge >= 0.3 is 0 Å². The smallest absolute Gasteiger partial charge is 0.136 e. The molecule has 11 aromatic rings. The molecule has 0 bridgehead atoms. The van der Waals surface area contributed by atoms with Crippen molar-refractivity contribution in [3.63, 3.8) is 0 Å². The fourth-order valence-corrected chi connectivity index (χ4v) is 9.77. The number of fused-ring (bicyclic) bond motifs is 9. The molecule has 0 saturated heterocycles. The van der Waals surface area contributed by atoms with Crippen molar-refractivity contribution in [1.29, 1.82) is 0 Å². The number of furan rings is 1. The van der Waals surface area contributed by atoms with Crippen molar-refractivity contribution in [2.45, 2.75) is 12.5 Å². The van der Waals surface area contributed by atoms with Crippen molar-refractivity contribution in [3.05, 3.63) is 242 Å². The minimum Gasteiger partial charge on any atom is -0.456 e. The topological polar surface area (TPSA) is 20.8 Å². The summed E-state index contributed by atoms with van der Waals surface area (Å²) in [4.78, 5) is 2.39. The highest BCUT2D eigenvalue weighted by Crippen LogP contribution is 2.41. The standard InChI is InChI=1S/C60H42N2O/c1-2-40(47-37-54-50-16-6-9-19-56(50)62-57-20-10-7-17-51(57)55(38-47)60(54)62)15-12-36-61(48-31-26-44(27-32-48)43-24-22-42(23-25-43)41-13-4-3-5-14-41)49-33-28-45(29-34-49)46-30-35-53-52-18-8-11-21-58(52)63-59(53)39-46/h2-33,35-39,49H,1,34H2. The number of anilines is 1. The normalized spacial score (nSPS) is 14.6. The molecule has 0 fully saturated rings. The second-order valence-electron chi connectivity index (χ2n) is 16.5. The minimum absolute atomic E-state index is 0.108. The number of para-hydroxylation sites is 3. The molecule has 1 aliphatic carbocycles. The number of allylic oxidation sites excluding steroid dienone is 6. The Balaban J connectivity index is 0.890. The van der Waals surface area contributed by atoms with E-state index in [4.69, 9.17) is 4.42 Å². The van der Waals surface area contributed by atoms with Gasteiger partial charge in [-0.1, -0.05) is 164 Å². The summed E-state index contributed by atoms with van der Waals surface area (Å²) in [6, 6.07) is 65.5. The van der Waals surface area contributed by atoms with Crippen LogP contribution in [0.1, 0.15) is 17.5 Å². The predicted octanol–water partition coefficient (Wildman–Crippen LogP) is 16.1. The SMILES string of the molecule is C=CC(=CC=CN(c1ccc(-c2ccc(-c3ccccc3)cc2)cc1)C1C=CC(c2ccc3c(c2)oc2ccccc23)=CC1)c1cc2c3ccccc3n3c4ccccc4c(c1)c23.